The second-order valence-electron chi connectivity index (χ2n) is 3.66. The molecule has 70 valence electrons. The van der Waals surface area contributed by atoms with Gasteiger partial charge in [-0.2, -0.15) is 0 Å². The predicted molar refractivity (Wildman–Crippen MR) is 49.9 cm³/mol. The van der Waals surface area contributed by atoms with Crippen LogP contribution in [0, 0.1) is 5.92 Å². The molecule has 1 fully saturated rings. The Morgan fingerprint density at radius 2 is 2.00 bits per heavy atom. The van der Waals surface area contributed by atoms with Gasteiger partial charge in [-0.05, 0) is 25.7 Å². The molecule has 1 amide bonds. The molecule has 0 radical (unpaired) electrons. The third-order valence-corrected chi connectivity index (χ3v) is 2.57. The molecule has 1 aliphatic carbocycles. The van der Waals surface area contributed by atoms with E-state index in [9.17, 15) is 4.79 Å². The van der Waals surface area contributed by atoms with Crippen LogP contribution in [0.5, 0.6) is 0 Å². The maximum atomic E-state index is 11.2. The number of rotatable bonds is 3. The maximum Gasteiger partial charge on any atom is 0.220 e. The van der Waals surface area contributed by atoms with Crippen molar-refractivity contribution in [1.29, 1.82) is 0 Å². The molecular formula is C10H19NO. The third-order valence-electron chi connectivity index (χ3n) is 2.57. The second kappa shape index (κ2) is 5.18. The standard InChI is InChI=1S/C10H19NO/c1-2-11-10(12)8-9-6-4-3-5-7-9/h9H,2-8H2,1H3,(H,11,12). The fourth-order valence-electron chi connectivity index (χ4n) is 1.92. The van der Waals surface area contributed by atoms with Crippen molar-refractivity contribution in [3.8, 4) is 0 Å². The summed E-state index contributed by atoms with van der Waals surface area (Å²) in [6, 6.07) is 0. The molecule has 1 saturated carbocycles. The van der Waals surface area contributed by atoms with E-state index in [1.54, 1.807) is 0 Å². The molecule has 2 heteroatoms. The lowest BCUT2D eigenvalue weighted by atomic mass is 9.87. The molecule has 0 atom stereocenters. The van der Waals surface area contributed by atoms with Gasteiger partial charge in [0, 0.05) is 13.0 Å². The monoisotopic (exact) mass is 169 g/mol. The highest BCUT2D eigenvalue weighted by atomic mass is 16.1. The summed E-state index contributed by atoms with van der Waals surface area (Å²) >= 11 is 0. The molecule has 1 aliphatic rings. The SMILES string of the molecule is CCNC(=O)CC1CCCCC1. The fraction of sp³-hybridized carbons (Fsp3) is 0.900. The van der Waals surface area contributed by atoms with Crippen molar-refractivity contribution in [2.24, 2.45) is 5.92 Å². The predicted octanol–water partition coefficient (Wildman–Crippen LogP) is 2.09. The minimum absolute atomic E-state index is 0.240. The van der Waals surface area contributed by atoms with E-state index in [-0.39, 0.29) is 5.91 Å². The van der Waals surface area contributed by atoms with Gasteiger partial charge in [-0.15, -0.1) is 0 Å². The summed E-state index contributed by atoms with van der Waals surface area (Å²) in [5.74, 6) is 0.912. The third kappa shape index (κ3) is 3.24. The zero-order valence-electron chi connectivity index (χ0n) is 7.94. The van der Waals surface area contributed by atoms with Crippen LogP contribution < -0.4 is 5.32 Å². The second-order valence-corrected chi connectivity index (χ2v) is 3.66. The average Bonchev–Trinajstić information content (AvgIpc) is 2.06. The van der Waals surface area contributed by atoms with Gasteiger partial charge >= 0.3 is 0 Å². The summed E-state index contributed by atoms with van der Waals surface area (Å²) in [5.41, 5.74) is 0. The highest BCUT2D eigenvalue weighted by molar-refractivity contribution is 5.76. The van der Waals surface area contributed by atoms with Gasteiger partial charge in [-0.3, -0.25) is 4.79 Å². The molecule has 1 N–H and O–H groups in total. The van der Waals surface area contributed by atoms with Crippen LogP contribution in [0.1, 0.15) is 45.4 Å². The van der Waals surface area contributed by atoms with Crippen LogP contribution in [0.25, 0.3) is 0 Å². The van der Waals surface area contributed by atoms with Gasteiger partial charge in [0.15, 0.2) is 0 Å². The molecule has 0 aromatic rings. The molecule has 0 saturated heterocycles. The van der Waals surface area contributed by atoms with Gasteiger partial charge < -0.3 is 5.32 Å². The number of hydrogen-bond acceptors (Lipinski definition) is 1. The topological polar surface area (TPSA) is 29.1 Å². The van der Waals surface area contributed by atoms with Gasteiger partial charge in [0.05, 0.1) is 0 Å². The molecular weight excluding hydrogens is 150 g/mol. The molecule has 0 heterocycles. The minimum atomic E-state index is 0.240. The van der Waals surface area contributed by atoms with Gasteiger partial charge in [0.25, 0.3) is 0 Å². The van der Waals surface area contributed by atoms with Gasteiger partial charge in [-0.25, -0.2) is 0 Å². The Hall–Kier alpha value is -0.530. The van der Waals surface area contributed by atoms with Crippen molar-refractivity contribution in [2.45, 2.75) is 45.4 Å². The molecule has 0 bridgehead atoms. The largest absolute Gasteiger partial charge is 0.356 e. The van der Waals surface area contributed by atoms with Gasteiger partial charge in [0.1, 0.15) is 0 Å². The Kier molecular flexibility index (Phi) is 4.12. The van der Waals surface area contributed by atoms with Crippen LogP contribution in [-0.2, 0) is 4.79 Å². The van der Waals surface area contributed by atoms with E-state index >= 15 is 0 Å². The van der Waals surface area contributed by atoms with E-state index in [2.05, 4.69) is 5.32 Å². The van der Waals surface area contributed by atoms with Crippen LogP contribution in [0.3, 0.4) is 0 Å². The summed E-state index contributed by atoms with van der Waals surface area (Å²) in [6.07, 6.45) is 7.29. The normalized spacial score (nSPS) is 19.1. The number of nitrogens with one attached hydrogen (secondary N) is 1. The Morgan fingerprint density at radius 1 is 1.33 bits per heavy atom. The molecule has 0 aromatic heterocycles. The van der Waals surface area contributed by atoms with E-state index in [0.29, 0.717) is 5.92 Å². The maximum absolute atomic E-state index is 11.2. The summed E-state index contributed by atoms with van der Waals surface area (Å²) in [6.45, 7) is 2.74. The smallest absolute Gasteiger partial charge is 0.220 e. The van der Waals surface area contributed by atoms with Crippen molar-refractivity contribution < 1.29 is 4.79 Å². The molecule has 2 nitrogen and oxygen atoms in total. The molecule has 12 heavy (non-hydrogen) atoms. The van der Waals surface area contributed by atoms with Crippen molar-refractivity contribution in [1.82, 2.24) is 5.32 Å². The molecule has 0 unspecified atom stereocenters. The first-order chi connectivity index (χ1) is 5.83. The van der Waals surface area contributed by atoms with Crippen LogP contribution in [0.4, 0.5) is 0 Å². The lowest BCUT2D eigenvalue weighted by Crippen LogP contribution is -2.25. The zero-order valence-corrected chi connectivity index (χ0v) is 7.94. The summed E-state index contributed by atoms with van der Waals surface area (Å²) in [4.78, 5) is 11.2. The Labute approximate surface area is 74.7 Å². The van der Waals surface area contributed by atoms with E-state index < -0.39 is 0 Å². The molecule has 1 rings (SSSR count). The lowest BCUT2D eigenvalue weighted by Gasteiger charge is -2.20. The number of amides is 1. The van der Waals surface area contributed by atoms with Crippen molar-refractivity contribution >= 4 is 5.91 Å². The van der Waals surface area contributed by atoms with Crippen LogP contribution in [0.15, 0.2) is 0 Å². The van der Waals surface area contributed by atoms with E-state index in [4.69, 9.17) is 0 Å². The summed E-state index contributed by atoms with van der Waals surface area (Å²) in [7, 11) is 0. The average molecular weight is 169 g/mol. The van der Waals surface area contributed by atoms with E-state index in [1.165, 1.54) is 32.1 Å². The Bertz CT molecular complexity index is 139. The minimum Gasteiger partial charge on any atom is -0.356 e. The Morgan fingerprint density at radius 3 is 2.58 bits per heavy atom. The molecule has 0 aliphatic heterocycles. The van der Waals surface area contributed by atoms with Crippen molar-refractivity contribution in [3.05, 3.63) is 0 Å². The molecule has 0 spiro atoms. The highest BCUT2D eigenvalue weighted by Crippen LogP contribution is 2.25. The van der Waals surface area contributed by atoms with Gasteiger partial charge in [0.2, 0.25) is 5.91 Å². The van der Waals surface area contributed by atoms with E-state index in [1.807, 2.05) is 6.92 Å². The fourth-order valence-corrected chi connectivity index (χ4v) is 1.92. The number of carbonyl (C=O) groups is 1. The summed E-state index contributed by atoms with van der Waals surface area (Å²) in [5, 5.41) is 2.85. The quantitative estimate of drug-likeness (QED) is 0.688. The Balaban J connectivity index is 2.15. The van der Waals surface area contributed by atoms with Crippen LogP contribution in [-0.4, -0.2) is 12.5 Å². The first kappa shape index (κ1) is 9.56. The zero-order chi connectivity index (χ0) is 8.81. The summed E-state index contributed by atoms with van der Waals surface area (Å²) < 4.78 is 0. The molecule has 0 aromatic carbocycles. The van der Waals surface area contributed by atoms with Crippen LogP contribution >= 0.6 is 0 Å². The first-order valence-electron chi connectivity index (χ1n) is 5.09. The van der Waals surface area contributed by atoms with Crippen molar-refractivity contribution in [3.63, 3.8) is 0 Å². The highest BCUT2D eigenvalue weighted by Gasteiger charge is 2.16. The van der Waals surface area contributed by atoms with Crippen molar-refractivity contribution in [2.75, 3.05) is 6.54 Å². The van der Waals surface area contributed by atoms with Crippen LogP contribution in [0.2, 0.25) is 0 Å². The number of carbonyl (C=O) groups excluding carboxylic acids is 1. The first-order valence-corrected chi connectivity index (χ1v) is 5.09. The lowest BCUT2D eigenvalue weighted by molar-refractivity contribution is -0.122. The van der Waals surface area contributed by atoms with Gasteiger partial charge in [-0.1, -0.05) is 19.3 Å². The number of hydrogen-bond donors (Lipinski definition) is 1. The van der Waals surface area contributed by atoms with E-state index in [0.717, 1.165) is 13.0 Å².